The van der Waals surface area contributed by atoms with E-state index in [9.17, 15) is 4.79 Å². The first kappa shape index (κ1) is 11.0. The van der Waals surface area contributed by atoms with E-state index in [0.29, 0.717) is 11.0 Å². The lowest BCUT2D eigenvalue weighted by Gasteiger charge is -2.08. The van der Waals surface area contributed by atoms with Gasteiger partial charge in [-0.1, -0.05) is 34.8 Å². The van der Waals surface area contributed by atoms with Crippen LogP contribution in [0.5, 0.6) is 0 Å². The summed E-state index contributed by atoms with van der Waals surface area (Å²) < 4.78 is 4.35. The van der Waals surface area contributed by atoms with Gasteiger partial charge in [0.1, 0.15) is 0 Å². The van der Waals surface area contributed by atoms with Crippen molar-refractivity contribution in [1.29, 1.82) is 0 Å². The van der Waals surface area contributed by atoms with Crippen LogP contribution in [0.3, 0.4) is 0 Å². The molecular formula is C3H2Cl4O2S. The Kier molecular flexibility index (Phi) is 6.16. The predicted octanol–water partition coefficient (Wildman–Crippen LogP) is 3.38. The molecule has 0 fully saturated rings. The SMILES string of the molecule is O=C(OC(Cl)C(Cl)Cl)SCl. The van der Waals surface area contributed by atoms with E-state index in [4.69, 9.17) is 45.5 Å². The highest BCUT2D eigenvalue weighted by atomic mass is 35.7. The molecule has 0 N–H and O–H groups in total. The minimum Gasteiger partial charge on any atom is -0.434 e. The molecule has 0 radical (unpaired) electrons. The Balaban J connectivity index is 3.57. The van der Waals surface area contributed by atoms with Crippen molar-refractivity contribution in [2.75, 3.05) is 0 Å². The molecule has 0 aromatic heterocycles. The van der Waals surface area contributed by atoms with E-state index in [1.54, 1.807) is 0 Å². The van der Waals surface area contributed by atoms with Crippen LogP contribution >= 0.6 is 56.5 Å². The van der Waals surface area contributed by atoms with Gasteiger partial charge in [-0.25, -0.2) is 4.79 Å². The summed E-state index contributed by atoms with van der Waals surface area (Å²) in [6, 6.07) is 0. The van der Waals surface area contributed by atoms with E-state index in [0.717, 1.165) is 0 Å². The maximum atomic E-state index is 10.3. The lowest BCUT2D eigenvalue weighted by atomic mass is 10.8. The molecule has 0 saturated heterocycles. The van der Waals surface area contributed by atoms with Gasteiger partial charge in [-0.3, -0.25) is 0 Å². The van der Waals surface area contributed by atoms with E-state index >= 15 is 0 Å². The zero-order valence-electron chi connectivity index (χ0n) is 4.39. The zero-order valence-corrected chi connectivity index (χ0v) is 8.23. The standard InChI is InChI=1S/C3H2Cl4O2S/c4-1(5)2(6)9-3(8)10-7/h1-2H. The van der Waals surface area contributed by atoms with Crippen LogP contribution in [0.1, 0.15) is 0 Å². The summed E-state index contributed by atoms with van der Waals surface area (Å²) in [7, 11) is 5.38. The van der Waals surface area contributed by atoms with Crippen LogP contribution in [0, 0.1) is 0 Å². The van der Waals surface area contributed by atoms with Crippen molar-refractivity contribution in [2.45, 2.75) is 10.4 Å². The van der Waals surface area contributed by atoms with Crippen molar-refractivity contribution in [1.82, 2.24) is 0 Å². The van der Waals surface area contributed by atoms with E-state index in [1.165, 1.54) is 0 Å². The van der Waals surface area contributed by atoms with Crippen LogP contribution in [0.2, 0.25) is 0 Å². The smallest absolute Gasteiger partial charge is 0.384 e. The van der Waals surface area contributed by atoms with Gasteiger partial charge in [0, 0.05) is 0 Å². The van der Waals surface area contributed by atoms with Crippen molar-refractivity contribution in [3.05, 3.63) is 0 Å². The topological polar surface area (TPSA) is 26.3 Å². The summed E-state index contributed by atoms with van der Waals surface area (Å²) in [6.45, 7) is 0. The van der Waals surface area contributed by atoms with Gasteiger partial charge in [0.05, 0.1) is 11.0 Å². The third-order valence-corrected chi connectivity index (χ3v) is 2.13. The number of carbonyl (C=O) groups excluding carboxylic acids is 1. The molecule has 7 heteroatoms. The van der Waals surface area contributed by atoms with Crippen molar-refractivity contribution in [2.24, 2.45) is 0 Å². The predicted molar refractivity (Wildman–Crippen MR) is 45.1 cm³/mol. The molecule has 0 saturated carbocycles. The normalized spacial score (nSPS) is 13.3. The molecule has 0 aromatic carbocycles. The second-order valence-corrected chi connectivity index (χ2v) is 3.68. The Hall–Kier alpha value is 0.980. The van der Waals surface area contributed by atoms with Crippen LogP contribution < -0.4 is 0 Å². The second kappa shape index (κ2) is 5.61. The average Bonchev–Trinajstić information content (AvgIpc) is 1.87. The Morgan fingerprint density at radius 1 is 1.40 bits per heavy atom. The Labute approximate surface area is 81.6 Å². The van der Waals surface area contributed by atoms with E-state index < -0.39 is 15.7 Å². The molecule has 10 heavy (non-hydrogen) atoms. The molecule has 1 atom stereocenters. The number of hydrogen-bond acceptors (Lipinski definition) is 3. The summed E-state index contributed by atoms with van der Waals surface area (Å²) in [5.41, 5.74) is -1.05. The summed E-state index contributed by atoms with van der Waals surface area (Å²) >= 11 is 15.8. The van der Waals surface area contributed by atoms with Crippen molar-refractivity contribution in [3.8, 4) is 0 Å². The van der Waals surface area contributed by atoms with Gasteiger partial charge < -0.3 is 4.74 Å². The molecule has 0 amide bonds. The number of hydrogen-bond donors (Lipinski definition) is 0. The van der Waals surface area contributed by atoms with Gasteiger partial charge in [-0.05, 0) is 10.7 Å². The molecule has 0 aliphatic carbocycles. The minimum absolute atomic E-state index is 0.380. The Morgan fingerprint density at radius 2 is 1.90 bits per heavy atom. The molecule has 0 aliphatic heterocycles. The quantitative estimate of drug-likeness (QED) is 0.550. The van der Waals surface area contributed by atoms with Crippen LogP contribution in [-0.4, -0.2) is 15.7 Å². The molecule has 60 valence electrons. The fourth-order valence-electron chi connectivity index (χ4n) is 0.162. The van der Waals surface area contributed by atoms with Crippen LogP contribution in [0.25, 0.3) is 0 Å². The van der Waals surface area contributed by atoms with Crippen molar-refractivity contribution < 1.29 is 9.53 Å². The highest BCUT2D eigenvalue weighted by Gasteiger charge is 2.17. The highest BCUT2D eigenvalue weighted by Crippen LogP contribution is 2.19. The van der Waals surface area contributed by atoms with Gasteiger partial charge in [-0.15, -0.1) is 0 Å². The molecule has 2 nitrogen and oxygen atoms in total. The molecule has 0 bridgehead atoms. The first-order valence-corrected chi connectivity index (χ1v) is 4.94. The third kappa shape index (κ3) is 4.74. The molecule has 0 spiro atoms. The van der Waals surface area contributed by atoms with Gasteiger partial charge in [0.25, 0.3) is 0 Å². The minimum atomic E-state index is -1.05. The highest BCUT2D eigenvalue weighted by molar-refractivity contribution is 8.32. The van der Waals surface area contributed by atoms with E-state index in [2.05, 4.69) is 4.74 Å². The number of ether oxygens (including phenoxy) is 1. The summed E-state index contributed by atoms with van der Waals surface area (Å²) in [5.74, 6) is 0. The van der Waals surface area contributed by atoms with Crippen molar-refractivity contribution in [3.63, 3.8) is 0 Å². The van der Waals surface area contributed by atoms with Crippen LogP contribution in [0.4, 0.5) is 4.79 Å². The molecular weight excluding hydrogens is 242 g/mol. The van der Waals surface area contributed by atoms with Gasteiger partial charge in [-0.2, -0.15) is 0 Å². The van der Waals surface area contributed by atoms with Gasteiger partial charge >= 0.3 is 5.30 Å². The molecule has 0 aromatic rings. The maximum absolute atomic E-state index is 10.3. The van der Waals surface area contributed by atoms with Gasteiger partial charge in [0.15, 0.2) is 4.84 Å². The third-order valence-electron chi connectivity index (χ3n) is 0.470. The summed E-state index contributed by atoms with van der Waals surface area (Å²) in [4.78, 5) is 9.38. The van der Waals surface area contributed by atoms with Crippen LogP contribution in [0.15, 0.2) is 0 Å². The van der Waals surface area contributed by atoms with Gasteiger partial charge in [0.2, 0.25) is 5.56 Å². The van der Waals surface area contributed by atoms with E-state index in [1.807, 2.05) is 0 Å². The number of alkyl halides is 3. The average molecular weight is 244 g/mol. The first-order valence-electron chi connectivity index (χ1n) is 1.99. The molecule has 0 aliphatic rings. The Bertz CT molecular complexity index is 119. The second-order valence-electron chi connectivity index (χ2n) is 1.13. The summed E-state index contributed by atoms with van der Waals surface area (Å²) in [5, 5.41) is -0.729. The van der Waals surface area contributed by atoms with Crippen molar-refractivity contribution >= 4 is 61.8 Å². The largest absolute Gasteiger partial charge is 0.434 e. The number of carbonyl (C=O) groups is 1. The molecule has 0 heterocycles. The fourth-order valence-corrected chi connectivity index (χ4v) is 0.647. The number of halogens is 4. The first-order chi connectivity index (χ1) is 4.57. The lowest BCUT2D eigenvalue weighted by molar-refractivity contribution is 0.166. The fraction of sp³-hybridized carbons (Fsp3) is 0.667. The number of rotatable bonds is 2. The van der Waals surface area contributed by atoms with Crippen LogP contribution in [-0.2, 0) is 4.74 Å². The summed E-state index contributed by atoms with van der Waals surface area (Å²) in [6.07, 6.45) is 0. The maximum Gasteiger partial charge on any atom is 0.384 e. The Morgan fingerprint density at radius 3 is 2.20 bits per heavy atom. The van der Waals surface area contributed by atoms with E-state index in [-0.39, 0.29) is 0 Å². The monoisotopic (exact) mass is 242 g/mol. The molecule has 0 rings (SSSR count). The zero-order chi connectivity index (χ0) is 8.15. The molecule has 1 unspecified atom stereocenters. The lowest BCUT2D eigenvalue weighted by Crippen LogP contribution is -2.14.